The summed E-state index contributed by atoms with van der Waals surface area (Å²) in [6, 6.07) is 5.09. The molecule has 4 bridgehead atoms. The SMILES string of the molecule is CC12CC3CC(C1)CC(NC(=O)c1ccc(Cl)cc1Cl)(C3)C2. The van der Waals surface area contributed by atoms with Crippen LogP contribution in [0.3, 0.4) is 0 Å². The molecule has 0 aromatic heterocycles. The Morgan fingerprint density at radius 3 is 2.45 bits per heavy atom. The summed E-state index contributed by atoms with van der Waals surface area (Å²) in [5.41, 5.74) is 0.937. The van der Waals surface area contributed by atoms with Crippen LogP contribution in [0.4, 0.5) is 0 Å². The molecule has 0 spiro atoms. The Balaban J connectivity index is 1.59. The van der Waals surface area contributed by atoms with Crippen molar-refractivity contribution in [2.75, 3.05) is 0 Å². The summed E-state index contributed by atoms with van der Waals surface area (Å²) in [6.07, 6.45) is 7.41. The molecule has 0 radical (unpaired) electrons. The zero-order valence-electron chi connectivity index (χ0n) is 12.8. The fraction of sp³-hybridized carbons (Fsp3) is 0.611. The lowest BCUT2D eigenvalue weighted by Gasteiger charge is -2.61. The van der Waals surface area contributed by atoms with E-state index in [-0.39, 0.29) is 11.4 Å². The molecule has 2 atom stereocenters. The highest BCUT2D eigenvalue weighted by molar-refractivity contribution is 6.36. The number of rotatable bonds is 2. The first-order valence-electron chi connectivity index (χ1n) is 8.14. The second-order valence-electron chi connectivity index (χ2n) is 8.13. The van der Waals surface area contributed by atoms with Crippen LogP contribution >= 0.6 is 23.2 Å². The van der Waals surface area contributed by atoms with Crippen LogP contribution in [-0.2, 0) is 0 Å². The third kappa shape index (κ3) is 2.45. The minimum absolute atomic E-state index is 0.0150. The zero-order valence-corrected chi connectivity index (χ0v) is 14.3. The number of halogens is 2. The number of benzene rings is 1. The molecule has 1 amide bonds. The van der Waals surface area contributed by atoms with Gasteiger partial charge in [-0.3, -0.25) is 4.79 Å². The van der Waals surface area contributed by atoms with Crippen molar-refractivity contribution in [1.29, 1.82) is 0 Å². The Labute approximate surface area is 141 Å². The molecule has 0 aliphatic heterocycles. The van der Waals surface area contributed by atoms with E-state index in [1.165, 1.54) is 19.3 Å². The van der Waals surface area contributed by atoms with Gasteiger partial charge in [-0.2, -0.15) is 0 Å². The molecule has 4 fully saturated rings. The lowest BCUT2D eigenvalue weighted by molar-refractivity contribution is -0.0680. The molecule has 2 unspecified atom stereocenters. The van der Waals surface area contributed by atoms with Gasteiger partial charge in [0, 0.05) is 10.6 Å². The third-order valence-corrected chi connectivity index (χ3v) is 6.46. The van der Waals surface area contributed by atoms with E-state index in [2.05, 4.69) is 12.2 Å². The van der Waals surface area contributed by atoms with Crippen molar-refractivity contribution in [2.24, 2.45) is 17.3 Å². The minimum atomic E-state index is -0.0489. The second-order valence-corrected chi connectivity index (χ2v) is 8.97. The van der Waals surface area contributed by atoms with Crippen LogP contribution < -0.4 is 5.32 Å². The van der Waals surface area contributed by atoms with Crippen molar-refractivity contribution >= 4 is 29.1 Å². The Hall–Kier alpha value is -0.730. The van der Waals surface area contributed by atoms with Crippen LogP contribution in [0.25, 0.3) is 0 Å². The van der Waals surface area contributed by atoms with Crippen LogP contribution in [0.2, 0.25) is 10.0 Å². The highest BCUT2D eigenvalue weighted by atomic mass is 35.5. The van der Waals surface area contributed by atoms with Gasteiger partial charge in [0.15, 0.2) is 0 Å². The Bertz CT molecular complexity index is 628. The van der Waals surface area contributed by atoms with Gasteiger partial charge in [-0.05, 0) is 74.0 Å². The van der Waals surface area contributed by atoms with Gasteiger partial charge in [0.2, 0.25) is 0 Å². The minimum Gasteiger partial charge on any atom is -0.347 e. The van der Waals surface area contributed by atoms with Gasteiger partial charge >= 0.3 is 0 Å². The first kappa shape index (κ1) is 14.8. The predicted octanol–water partition coefficient (Wildman–Crippen LogP) is 5.08. The van der Waals surface area contributed by atoms with Gasteiger partial charge in [-0.15, -0.1) is 0 Å². The fourth-order valence-corrected chi connectivity index (χ4v) is 6.34. The van der Waals surface area contributed by atoms with Crippen molar-refractivity contribution in [3.63, 3.8) is 0 Å². The summed E-state index contributed by atoms with van der Waals surface area (Å²) in [7, 11) is 0. The molecular weight excluding hydrogens is 317 g/mol. The van der Waals surface area contributed by atoms with Gasteiger partial charge in [-0.1, -0.05) is 30.1 Å². The molecule has 22 heavy (non-hydrogen) atoms. The normalized spacial score (nSPS) is 39.0. The van der Waals surface area contributed by atoms with Crippen molar-refractivity contribution < 1.29 is 4.79 Å². The Morgan fingerprint density at radius 2 is 1.86 bits per heavy atom. The average molecular weight is 338 g/mol. The lowest BCUT2D eigenvalue weighted by Crippen LogP contribution is -2.62. The highest BCUT2D eigenvalue weighted by Crippen LogP contribution is 2.61. The van der Waals surface area contributed by atoms with E-state index in [9.17, 15) is 4.79 Å². The summed E-state index contributed by atoms with van der Waals surface area (Å²) in [5.74, 6) is 1.52. The molecule has 4 aliphatic rings. The summed E-state index contributed by atoms with van der Waals surface area (Å²) in [4.78, 5) is 12.7. The van der Waals surface area contributed by atoms with E-state index in [1.54, 1.807) is 18.2 Å². The number of carbonyl (C=O) groups is 1. The lowest BCUT2D eigenvalue weighted by atomic mass is 9.47. The number of amides is 1. The number of nitrogens with one attached hydrogen (secondary N) is 1. The largest absolute Gasteiger partial charge is 0.347 e. The molecule has 4 aliphatic carbocycles. The standard InChI is InChI=1S/C18H21Cl2NO/c1-17-6-11-4-12(7-17)9-18(8-11,10-17)21-16(22)14-3-2-13(19)5-15(14)20/h2-3,5,11-12H,4,6-10H2,1H3,(H,21,22). The predicted molar refractivity (Wildman–Crippen MR) is 89.4 cm³/mol. The summed E-state index contributed by atoms with van der Waals surface area (Å²) >= 11 is 12.1. The number of carbonyl (C=O) groups excluding carboxylic acids is 1. The van der Waals surface area contributed by atoms with E-state index in [1.807, 2.05) is 0 Å². The van der Waals surface area contributed by atoms with Crippen LogP contribution in [0, 0.1) is 17.3 Å². The maximum Gasteiger partial charge on any atom is 0.253 e. The van der Waals surface area contributed by atoms with E-state index < -0.39 is 0 Å². The third-order valence-electron chi connectivity index (χ3n) is 5.91. The molecule has 118 valence electrons. The van der Waals surface area contributed by atoms with Gasteiger partial charge in [-0.25, -0.2) is 0 Å². The molecule has 2 nitrogen and oxygen atoms in total. The highest BCUT2D eigenvalue weighted by Gasteiger charge is 2.56. The van der Waals surface area contributed by atoms with Crippen molar-refractivity contribution in [1.82, 2.24) is 5.32 Å². The Kier molecular flexibility index (Phi) is 3.29. The topological polar surface area (TPSA) is 29.1 Å². The number of hydrogen-bond donors (Lipinski definition) is 1. The van der Waals surface area contributed by atoms with Crippen molar-refractivity contribution in [3.05, 3.63) is 33.8 Å². The first-order valence-corrected chi connectivity index (χ1v) is 8.90. The molecule has 4 saturated carbocycles. The molecule has 0 heterocycles. The molecule has 1 N–H and O–H groups in total. The Morgan fingerprint density at radius 1 is 1.18 bits per heavy atom. The maximum atomic E-state index is 12.7. The second kappa shape index (κ2) is 4.88. The summed E-state index contributed by atoms with van der Waals surface area (Å²) < 4.78 is 0. The van der Waals surface area contributed by atoms with E-state index >= 15 is 0 Å². The van der Waals surface area contributed by atoms with Gasteiger partial charge in [0.25, 0.3) is 5.91 Å². The van der Waals surface area contributed by atoms with E-state index in [0.29, 0.717) is 21.0 Å². The first-order chi connectivity index (χ1) is 10.4. The zero-order chi connectivity index (χ0) is 15.5. The molecule has 1 aromatic rings. The van der Waals surface area contributed by atoms with E-state index in [0.717, 1.165) is 31.1 Å². The van der Waals surface area contributed by atoms with Crippen LogP contribution in [0.1, 0.15) is 55.8 Å². The monoisotopic (exact) mass is 337 g/mol. The molecule has 4 heteroatoms. The molecular formula is C18H21Cl2NO. The molecule has 1 aromatic carbocycles. The molecule has 5 rings (SSSR count). The van der Waals surface area contributed by atoms with Crippen molar-refractivity contribution in [2.45, 2.75) is 51.0 Å². The van der Waals surface area contributed by atoms with Gasteiger partial charge in [0.05, 0.1) is 10.6 Å². The van der Waals surface area contributed by atoms with E-state index in [4.69, 9.17) is 23.2 Å². The van der Waals surface area contributed by atoms with Crippen LogP contribution in [-0.4, -0.2) is 11.4 Å². The van der Waals surface area contributed by atoms with Gasteiger partial charge in [0.1, 0.15) is 0 Å². The fourth-order valence-electron chi connectivity index (χ4n) is 5.85. The van der Waals surface area contributed by atoms with Crippen molar-refractivity contribution in [3.8, 4) is 0 Å². The molecule has 0 saturated heterocycles. The summed E-state index contributed by atoms with van der Waals surface area (Å²) in [5, 5.41) is 4.35. The van der Waals surface area contributed by atoms with Gasteiger partial charge < -0.3 is 5.32 Å². The van der Waals surface area contributed by atoms with Crippen LogP contribution in [0.15, 0.2) is 18.2 Å². The quantitative estimate of drug-likeness (QED) is 0.800. The number of hydrogen-bond acceptors (Lipinski definition) is 1. The maximum absolute atomic E-state index is 12.7. The average Bonchev–Trinajstić information content (AvgIpc) is 2.34. The van der Waals surface area contributed by atoms with Crippen LogP contribution in [0.5, 0.6) is 0 Å². The smallest absolute Gasteiger partial charge is 0.253 e. The summed E-state index contributed by atoms with van der Waals surface area (Å²) in [6.45, 7) is 2.40.